The molecule has 0 saturated heterocycles. The Morgan fingerprint density at radius 1 is 1.11 bits per heavy atom. The maximum Gasteiger partial charge on any atom is 0.120 e. The van der Waals surface area contributed by atoms with Crippen molar-refractivity contribution in [3.05, 3.63) is 76.3 Å². The average Bonchev–Trinajstić information content (AvgIpc) is 2.62. The molecule has 0 unspecified atom stereocenters. The van der Waals surface area contributed by atoms with Crippen LogP contribution in [0.2, 0.25) is 0 Å². The van der Waals surface area contributed by atoms with Gasteiger partial charge in [-0.05, 0) is 63.2 Å². The Labute approximate surface area is 172 Å². The smallest absolute Gasteiger partial charge is 0.120 e. The molecule has 2 rings (SSSR count). The molecule has 0 saturated carbocycles. The number of hydrogen-bond donors (Lipinski definition) is 0. The van der Waals surface area contributed by atoms with E-state index >= 15 is 0 Å². The van der Waals surface area contributed by atoms with Gasteiger partial charge in [-0.1, -0.05) is 64.2 Å². The number of halogens is 1. The first-order valence-corrected chi connectivity index (χ1v) is 9.94. The molecule has 0 aliphatic rings. The predicted octanol–water partition coefficient (Wildman–Crippen LogP) is 6.07. The molecule has 0 spiro atoms. The molecular weight excluding hydrogens is 398 g/mol. The lowest BCUT2D eigenvalue weighted by Gasteiger charge is -2.16. The predicted molar refractivity (Wildman–Crippen MR) is 118 cm³/mol. The van der Waals surface area contributed by atoms with Crippen LogP contribution >= 0.6 is 15.9 Å². The van der Waals surface area contributed by atoms with Crippen molar-refractivity contribution >= 4 is 15.9 Å². The monoisotopic (exact) mass is 425 g/mol. The molecule has 0 radical (unpaired) electrons. The lowest BCUT2D eigenvalue weighted by Crippen LogP contribution is -2.18. The lowest BCUT2D eigenvalue weighted by atomic mass is 9.98. The van der Waals surface area contributed by atoms with Crippen LogP contribution < -0.4 is 4.74 Å². The van der Waals surface area contributed by atoms with Gasteiger partial charge in [-0.15, -0.1) is 0 Å². The van der Waals surface area contributed by atoms with E-state index < -0.39 is 0 Å². The molecular formula is C24H28BrNO. The van der Waals surface area contributed by atoms with E-state index in [1.54, 1.807) is 0 Å². The van der Waals surface area contributed by atoms with Crippen LogP contribution in [-0.4, -0.2) is 18.5 Å². The fraction of sp³-hybridized carbons (Fsp3) is 0.333. The van der Waals surface area contributed by atoms with Crippen molar-refractivity contribution in [3.8, 4) is 17.6 Å². The van der Waals surface area contributed by atoms with Gasteiger partial charge in [0, 0.05) is 23.0 Å². The summed E-state index contributed by atoms with van der Waals surface area (Å²) < 4.78 is 7.04. The van der Waals surface area contributed by atoms with Crippen LogP contribution in [0.4, 0.5) is 0 Å². The normalized spacial score (nSPS) is 11.5. The minimum absolute atomic E-state index is 0.0430. The highest BCUT2D eigenvalue weighted by atomic mass is 79.9. The third kappa shape index (κ3) is 8.47. The quantitative estimate of drug-likeness (QED) is 0.499. The summed E-state index contributed by atoms with van der Waals surface area (Å²) in [5.74, 6) is 7.21. The zero-order valence-corrected chi connectivity index (χ0v) is 18.2. The molecule has 0 bridgehead atoms. The lowest BCUT2D eigenvalue weighted by molar-refractivity contribution is 0.304. The van der Waals surface area contributed by atoms with Gasteiger partial charge in [0.05, 0.1) is 0 Å². The summed E-state index contributed by atoms with van der Waals surface area (Å²) in [5, 5.41) is 0. The largest absolute Gasteiger partial charge is 0.489 e. The van der Waals surface area contributed by atoms with E-state index in [0.717, 1.165) is 23.3 Å². The highest BCUT2D eigenvalue weighted by Gasteiger charge is 2.06. The molecule has 0 N–H and O–H groups in total. The van der Waals surface area contributed by atoms with E-state index in [-0.39, 0.29) is 5.41 Å². The summed E-state index contributed by atoms with van der Waals surface area (Å²) in [5.41, 5.74) is 2.42. The Balaban J connectivity index is 1.91. The molecule has 0 aliphatic heterocycles. The van der Waals surface area contributed by atoms with E-state index in [4.69, 9.17) is 4.74 Å². The van der Waals surface area contributed by atoms with Crippen LogP contribution in [0.25, 0.3) is 0 Å². The van der Waals surface area contributed by atoms with Crippen molar-refractivity contribution in [1.82, 2.24) is 4.90 Å². The molecule has 0 heterocycles. The Morgan fingerprint density at radius 2 is 1.85 bits per heavy atom. The molecule has 2 nitrogen and oxygen atoms in total. The third-order valence-corrected chi connectivity index (χ3v) is 4.54. The molecule has 2 aromatic rings. The molecule has 0 aromatic heterocycles. The van der Waals surface area contributed by atoms with Gasteiger partial charge in [-0.2, -0.15) is 0 Å². The highest BCUT2D eigenvalue weighted by molar-refractivity contribution is 9.10. The first-order chi connectivity index (χ1) is 12.8. The molecule has 142 valence electrons. The van der Waals surface area contributed by atoms with Gasteiger partial charge < -0.3 is 4.74 Å². The number of likely N-dealkylation sites (N-methyl/N-ethyl adjacent to an activating group) is 1. The number of benzene rings is 2. The molecule has 2 aromatic carbocycles. The second-order valence-corrected chi connectivity index (χ2v) is 8.50. The van der Waals surface area contributed by atoms with Crippen molar-refractivity contribution in [1.29, 1.82) is 0 Å². The zero-order valence-electron chi connectivity index (χ0n) is 16.6. The summed E-state index contributed by atoms with van der Waals surface area (Å²) >= 11 is 3.65. The van der Waals surface area contributed by atoms with E-state index in [1.807, 2.05) is 36.4 Å². The molecule has 0 atom stereocenters. The first kappa shape index (κ1) is 21.3. The minimum atomic E-state index is 0.0430. The second-order valence-electron chi connectivity index (χ2n) is 7.65. The van der Waals surface area contributed by atoms with Crippen LogP contribution in [-0.2, 0) is 13.2 Å². The summed E-state index contributed by atoms with van der Waals surface area (Å²) in [6, 6.07) is 16.4. The van der Waals surface area contributed by atoms with Crippen LogP contribution in [0.3, 0.4) is 0 Å². The van der Waals surface area contributed by atoms with E-state index in [1.165, 1.54) is 11.1 Å². The molecule has 27 heavy (non-hydrogen) atoms. The summed E-state index contributed by atoms with van der Waals surface area (Å²) in [6.45, 7) is 8.60. The van der Waals surface area contributed by atoms with Crippen LogP contribution in [0, 0.1) is 17.3 Å². The van der Waals surface area contributed by atoms with E-state index in [0.29, 0.717) is 6.61 Å². The Kier molecular flexibility index (Phi) is 8.16. The van der Waals surface area contributed by atoms with Gasteiger partial charge in [-0.25, -0.2) is 0 Å². The molecule has 0 amide bonds. The maximum atomic E-state index is 5.94. The van der Waals surface area contributed by atoms with Gasteiger partial charge in [0.25, 0.3) is 0 Å². The Morgan fingerprint density at radius 3 is 2.56 bits per heavy atom. The Bertz CT molecular complexity index is 810. The maximum absolute atomic E-state index is 5.94. The van der Waals surface area contributed by atoms with Gasteiger partial charge in [0.15, 0.2) is 0 Å². The summed E-state index contributed by atoms with van der Waals surface area (Å²) in [6.07, 6.45) is 4.04. The van der Waals surface area contributed by atoms with E-state index in [2.05, 4.69) is 84.8 Å². The SMILES string of the molecule is CN(C/C=C/C#CC(C)(C)C)Cc1cc(OCc2ccccc2)ccc1Br. The van der Waals surface area contributed by atoms with E-state index in [9.17, 15) is 0 Å². The number of hydrogen-bond acceptors (Lipinski definition) is 2. The van der Waals surface area contributed by atoms with Gasteiger partial charge >= 0.3 is 0 Å². The zero-order chi connectivity index (χ0) is 19.7. The van der Waals surface area contributed by atoms with Crippen LogP contribution in [0.1, 0.15) is 31.9 Å². The van der Waals surface area contributed by atoms with Crippen molar-refractivity contribution in [3.63, 3.8) is 0 Å². The van der Waals surface area contributed by atoms with Gasteiger partial charge in [0.2, 0.25) is 0 Å². The van der Waals surface area contributed by atoms with Crippen molar-refractivity contribution in [2.75, 3.05) is 13.6 Å². The van der Waals surface area contributed by atoms with Crippen LogP contribution in [0.5, 0.6) is 5.75 Å². The van der Waals surface area contributed by atoms with Gasteiger partial charge in [-0.3, -0.25) is 4.90 Å². The second kappa shape index (κ2) is 10.3. The number of ether oxygens (including phenoxy) is 1. The molecule has 0 aliphatic carbocycles. The van der Waals surface area contributed by atoms with Crippen LogP contribution in [0.15, 0.2) is 65.2 Å². The van der Waals surface area contributed by atoms with Crippen molar-refractivity contribution < 1.29 is 4.74 Å². The molecule has 3 heteroatoms. The number of nitrogens with zero attached hydrogens (tertiary/aromatic N) is 1. The average molecular weight is 426 g/mol. The first-order valence-electron chi connectivity index (χ1n) is 9.15. The number of rotatable bonds is 7. The fourth-order valence-electron chi connectivity index (χ4n) is 2.41. The standard InChI is InChI=1S/C24H28BrNO/c1-24(2,3)15-9-6-10-16-26(4)18-21-17-22(13-14-23(21)25)27-19-20-11-7-5-8-12-20/h5-8,10-14,17H,16,18-19H2,1-4H3/b10-6+. The van der Waals surface area contributed by atoms with Crippen molar-refractivity contribution in [2.24, 2.45) is 5.41 Å². The fourth-order valence-corrected chi connectivity index (χ4v) is 2.78. The topological polar surface area (TPSA) is 12.5 Å². The number of allylic oxidation sites excluding steroid dienone is 1. The highest BCUT2D eigenvalue weighted by Crippen LogP contribution is 2.24. The Hall–Kier alpha value is -2.02. The van der Waals surface area contributed by atoms with Crippen molar-refractivity contribution in [2.45, 2.75) is 33.9 Å². The molecule has 0 fully saturated rings. The third-order valence-electron chi connectivity index (χ3n) is 3.77. The minimum Gasteiger partial charge on any atom is -0.489 e. The summed E-state index contributed by atoms with van der Waals surface area (Å²) in [7, 11) is 2.10. The van der Waals surface area contributed by atoms with Gasteiger partial charge in [0.1, 0.15) is 12.4 Å². The summed E-state index contributed by atoms with van der Waals surface area (Å²) in [4.78, 5) is 2.25.